The van der Waals surface area contributed by atoms with Crippen molar-refractivity contribution in [2.45, 2.75) is 49.6 Å². The van der Waals surface area contributed by atoms with E-state index in [9.17, 15) is 0 Å². The summed E-state index contributed by atoms with van der Waals surface area (Å²) in [7, 11) is 0. The molecule has 0 amide bonds. The topological polar surface area (TPSA) is 18.0 Å². The minimum absolute atomic E-state index is 0.184. The van der Waals surface area contributed by atoms with Crippen LogP contribution < -0.4 is 4.90 Å². The molecule has 4 aliphatic carbocycles. The molecule has 0 bridgehead atoms. The van der Waals surface area contributed by atoms with Crippen molar-refractivity contribution in [1.29, 1.82) is 0 Å². The maximum atomic E-state index is 2.68. The van der Waals surface area contributed by atoms with E-state index < -0.39 is 0 Å². The summed E-state index contributed by atoms with van der Waals surface area (Å²) in [5.41, 5.74) is 24.2. The summed E-state index contributed by atoms with van der Waals surface area (Å²) < 4.78 is 7.66. The van der Waals surface area contributed by atoms with Gasteiger partial charge in [0.15, 0.2) is 0 Å². The predicted octanol–water partition coefficient (Wildman–Crippen LogP) is 20.0. The summed E-state index contributed by atoms with van der Waals surface area (Å²) >= 11 is 0. The van der Waals surface area contributed by atoms with E-state index in [0.29, 0.717) is 0 Å². The van der Waals surface area contributed by atoms with Crippen LogP contribution in [0.15, 0.2) is 273 Å². The molecule has 0 fully saturated rings. The number of allylic oxidation sites excluding steroid dienone is 11. The molecule has 0 saturated heterocycles. The number of hydrogen-bond acceptors (Lipinski definition) is 1. The number of rotatable bonds is 8. The minimum Gasteiger partial charge on any atom is -0.337 e. The van der Waals surface area contributed by atoms with Crippen LogP contribution in [-0.4, -0.2) is 19.7 Å². The number of aromatic nitrogens is 3. The lowest BCUT2D eigenvalue weighted by Gasteiger charge is -2.28. The molecule has 5 aliphatic rings. The molecule has 4 unspecified atom stereocenters. The second-order valence-corrected chi connectivity index (χ2v) is 22.9. The van der Waals surface area contributed by atoms with Crippen molar-refractivity contribution in [2.75, 3.05) is 4.90 Å². The third-order valence-corrected chi connectivity index (χ3v) is 18.4. The van der Waals surface area contributed by atoms with Crippen LogP contribution in [0.4, 0.5) is 11.4 Å². The molecular formula is C78H58N4. The molecule has 0 saturated carbocycles. The monoisotopic (exact) mass is 1050 g/mol. The van der Waals surface area contributed by atoms with Crippen molar-refractivity contribution in [3.8, 4) is 27.9 Å². The standard InChI is InChI=1S/C78H58N4/c1-3-28-59(29-4-1)79-71-40-13-9-36-65(71)77-73(79)42-43-74-78(77)66-37-10-14-41-72(66)81(74)61-32-18-26-57(47-61)55-24-16-22-53(45-55)51-20-15-21-52(44-51)54-23-17-25-56(46-54)58-27-19-33-62(48-58)82-70-39-12-8-35-64(70)68-49-67-63-34-7-11-38-69(63)80(75(67)50-76(68)82)60-30-5-2-6-31-60/h1-11,13-25,27-32,34-38,40-50,57,62,65,71H,12,26,33,39H2. The number of anilines is 2. The lowest BCUT2D eigenvalue weighted by molar-refractivity contribution is 0.600. The molecule has 17 rings (SSSR count). The van der Waals surface area contributed by atoms with E-state index in [2.05, 4.69) is 298 Å². The van der Waals surface area contributed by atoms with Gasteiger partial charge in [0.05, 0.1) is 39.7 Å². The molecule has 82 heavy (non-hydrogen) atoms. The van der Waals surface area contributed by atoms with Crippen LogP contribution in [0.1, 0.15) is 65.1 Å². The average Bonchev–Trinajstić information content (AvgIpc) is 4.48. The first kappa shape index (κ1) is 47.0. The Hall–Kier alpha value is -9.90. The second-order valence-electron chi connectivity index (χ2n) is 22.9. The summed E-state index contributed by atoms with van der Waals surface area (Å²) in [6.45, 7) is 0. The van der Waals surface area contributed by atoms with Gasteiger partial charge in [-0.25, -0.2) is 0 Å². The Bertz CT molecular complexity index is 4830. The van der Waals surface area contributed by atoms with Crippen molar-refractivity contribution in [1.82, 2.24) is 13.7 Å². The number of benzene rings is 9. The summed E-state index contributed by atoms with van der Waals surface area (Å²) in [6.07, 6.45) is 32.5. The van der Waals surface area contributed by atoms with Crippen LogP contribution >= 0.6 is 0 Å². The zero-order chi connectivity index (χ0) is 53.8. The van der Waals surface area contributed by atoms with E-state index in [1.165, 1.54) is 133 Å². The first-order valence-electron chi connectivity index (χ1n) is 29.3. The molecule has 4 atom stereocenters. The van der Waals surface area contributed by atoms with E-state index in [1.54, 1.807) is 0 Å². The molecule has 3 aromatic heterocycles. The number of nitrogens with zero attached hydrogens (tertiary/aromatic N) is 4. The van der Waals surface area contributed by atoms with E-state index in [-0.39, 0.29) is 23.9 Å². The Balaban J connectivity index is 0.693. The van der Waals surface area contributed by atoms with Crippen LogP contribution in [0.2, 0.25) is 0 Å². The Labute approximate surface area is 477 Å². The highest BCUT2D eigenvalue weighted by Gasteiger charge is 2.40. The predicted molar refractivity (Wildman–Crippen MR) is 345 cm³/mol. The summed E-state index contributed by atoms with van der Waals surface area (Å²) in [5, 5.41) is 6.59. The highest BCUT2D eigenvalue weighted by molar-refractivity contribution is 6.16. The lowest BCUT2D eigenvalue weighted by atomic mass is 9.88. The fraction of sp³-hybridized carbons (Fsp3) is 0.103. The fourth-order valence-corrected chi connectivity index (χ4v) is 14.8. The summed E-state index contributed by atoms with van der Waals surface area (Å²) in [5.74, 6) is 0.482. The Morgan fingerprint density at radius 2 is 1.11 bits per heavy atom. The molecule has 390 valence electrons. The van der Waals surface area contributed by atoms with Gasteiger partial charge in [-0.2, -0.15) is 0 Å². The summed E-state index contributed by atoms with van der Waals surface area (Å²) in [4.78, 5) is 2.54. The van der Waals surface area contributed by atoms with Crippen LogP contribution in [0, 0.1) is 0 Å². The molecular weight excluding hydrogens is 993 g/mol. The van der Waals surface area contributed by atoms with Crippen molar-refractivity contribution >= 4 is 83.2 Å². The van der Waals surface area contributed by atoms with Gasteiger partial charge in [-0.3, -0.25) is 0 Å². The van der Waals surface area contributed by atoms with Crippen molar-refractivity contribution in [3.05, 3.63) is 301 Å². The molecule has 4 nitrogen and oxygen atoms in total. The molecule has 12 aromatic rings. The maximum absolute atomic E-state index is 2.68. The molecule has 0 radical (unpaired) electrons. The Kier molecular flexibility index (Phi) is 10.8. The van der Waals surface area contributed by atoms with Crippen molar-refractivity contribution < 1.29 is 0 Å². The van der Waals surface area contributed by atoms with E-state index in [4.69, 9.17) is 0 Å². The first-order chi connectivity index (χ1) is 40.7. The molecule has 0 N–H and O–H groups in total. The largest absolute Gasteiger partial charge is 0.337 e. The minimum atomic E-state index is 0.184. The normalized spacial score (nSPS) is 18.9. The SMILES string of the molecule is C1=CC2c3c(ccc4c3c3ccccc3n4C3=CC(c4cccc(-c5cccc(-c6cccc(C7=CC(n8c9c(c%10cc%11c%12ccccc%12n(-c%12ccccc%12)c%11cc%108)C=CCC9)CC=C7)c6)c5)c4)CC=C3)N(c3ccccc3)C2C=C1. The highest BCUT2D eigenvalue weighted by atomic mass is 15.2. The van der Waals surface area contributed by atoms with E-state index >= 15 is 0 Å². The first-order valence-corrected chi connectivity index (χ1v) is 29.3. The Morgan fingerprint density at radius 1 is 0.427 bits per heavy atom. The van der Waals surface area contributed by atoms with Gasteiger partial charge in [0, 0.05) is 72.8 Å². The molecule has 4 heteroatoms. The molecule has 0 spiro atoms. The fourth-order valence-electron chi connectivity index (χ4n) is 14.8. The van der Waals surface area contributed by atoms with Gasteiger partial charge in [-0.05, 0) is 149 Å². The molecule has 9 aromatic carbocycles. The number of hydrogen-bond donors (Lipinski definition) is 0. The molecule has 1 aliphatic heterocycles. The van der Waals surface area contributed by atoms with Crippen LogP contribution in [-0.2, 0) is 6.42 Å². The average molecular weight is 1050 g/mol. The smallest absolute Gasteiger partial charge is 0.0629 e. The Morgan fingerprint density at radius 3 is 1.93 bits per heavy atom. The third kappa shape index (κ3) is 7.37. The van der Waals surface area contributed by atoms with E-state index in [1.807, 2.05) is 0 Å². The van der Waals surface area contributed by atoms with Gasteiger partial charge < -0.3 is 18.6 Å². The number of para-hydroxylation sites is 4. The van der Waals surface area contributed by atoms with Gasteiger partial charge in [0.25, 0.3) is 0 Å². The van der Waals surface area contributed by atoms with Gasteiger partial charge in [0.2, 0.25) is 0 Å². The quantitative estimate of drug-likeness (QED) is 0.148. The lowest BCUT2D eigenvalue weighted by Crippen LogP contribution is -2.28. The van der Waals surface area contributed by atoms with Crippen LogP contribution in [0.3, 0.4) is 0 Å². The van der Waals surface area contributed by atoms with Crippen LogP contribution in [0.25, 0.3) is 99.8 Å². The van der Waals surface area contributed by atoms with Gasteiger partial charge in [-0.15, -0.1) is 0 Å². The third-order valence-electron chi connectivity index (χ3n) is 18.4. The van der Waals surface area contributed by atoms with Gasteiger partial charge in [-0.1, -0.05) is 200 Å². The van der Waals surface area contributed by atoms with Crippen molar-refractivity contribution in [3.63, 3.8) is 0 Å². The van der Waals surface area contributed by atoms with Crippen LogP contribution in [0.5, 0.6) is 0 Å². The van der Waals surface area contributed by atoms with Crippen molar-refractivity contribution in [2.24, 2.45) is 0 Å². The molecule has 4 heterocycles. The summed E-state index contributed by atoms with van der Waals surface area (Å²) in [6, 6.07) is 77.4. The highest BCUT2D eigenvalue weighted by Crippen LogP contribution is 2.53. The zero-order valence-electron chi connectivity index (χ0n) is 45.5. The van der Waals surface area contributed by atoms with E-state index in [0.717, 1.165) is 25.7 Å². The zero-order valence-corrected chi connectivity index (χ0v) is 45.5. The second kappa shape index (κ2) is 18.9. The van der Waals surface area contributed by atoms with Gasteiger partial charge >= 0.3 is 0 Å². The van der Waals surface area contributed by atoms with Gasteiger partial charge in [0.1, 0.15) is 0 Å². The number of fused-ring (bicyclic) bond motifs is 13. The maximum Gasteiger partial charge on any atom is 0.0629 e.